The molecule has 2 aromatic rings. The van der Waals surface area contributed by atoms with Crippen LogP contribution >= 0.6 is 23.1 Å². The first-order chi connectivity index (χ1) is 9.72. The van der Waals surface area contributed by atoms with E-state index in [-0.39, 0.29) is 11.2 Å². The normalized spacial score (nSPS) is 16.1. The smallest absolute Gasteiger partial charge is 0.233 e. The minimum atomic E-state index is -0.0376. The van der Waals surface area contributed by atoms with Crippen molar-refractivity contribution in [3.63, 3.8) is 0 Å². The van der Waals surface area contributed by atoms with E-state index in [9.17, 15) is 4.79 Å². The van der Waals surface area contributed by atoms with Crippen LogP contribution in [0.15, 0.2) is 28.2 Å². The molecule has 20 heavy (non-hydrogen) atoms. The third-order valence-corrected chi connectivity index (χ3v) is 5.14. The van der Waals surface area contributed by atoms with Gasteiger partial charge in [0.2, 0.25) is 5.91 Å². The predicted octanol–water partition coefficient (Wildman–Crippen LogP) is 3.30. The molecular weight excluding hydrogens is 292 g/mol. The number of aromatic nitrogens is 1. The summed E-state index contributed by atoms with van der Waals surface area (Å²) in [7, 11) is 0. The van der Waals surface area contributed by atoms with Gasteiger partial charge < -0.3 is 9.73 Å². The Morgan fingerprint density at radius 2 is 2.50 bits per heavy atom. The quantitative estimate of drug-likeness (QED) is 0.889. The molecule has 4 nitrogen and oxygen atoms in total. The highest BCUT2D eigenvalue weighted by Gasteiger charge is 2.25. The molecule has 0 saturated heterocycles. The molecule has 2 heterocycles. The van der Waals surface area contributed by atoms with E-state index < -0.39 is 0 Å². The van der Waals surface area contributed by atoms with Crippen molar-refractivity contribution >= 4 is 29.0 Å². The van der Waals surface area contributed by atoms with Crippen molar-refractivity contribution in [2.24, 2.45) is 0 Å². The number of carbonyl (C=O) groups is 1. The van der Waals surface area contributed by atoms with E-state index in [0.717, 1.165) is 35.1 Å². The Morgan fingerprint density at radius 1 is 1.65 bits per heavy atom. The Hall–Kier alpha value is -1.27. The van der Waals surface area contributed by atoms with Gasteiger partial charge >= 0.3 is 0 Å². The molecule has 0 radical (unpaired) electrons. The van der Waals surface area contributed by atoms with E-state index in [0.29, 0.717) is 6.04 Å². The van der Waals surface area contributed by atoms with Crippen molar-refractivity contribution in [1.29, 1.82) is 0 Å². The molecule has 1 unspecified atom stereocenters. The summed E-state index contributed by atoms with van der Waals surface area (Å²) in [4.78, 5) is 16.4. The first kappa shape index (κ1) is 13.7. The lowest BCUT2D eigenvalue weighted by atomic mass is 10.4. The summed E-state index contributed by atoms with van der Waals surface area (Å²) in [6.45, 7) is 1.95. The third-order valence-electron chi connectivity index (χ3n) is 3.06. The van der Waals surface area contributed by atoms with Crippen LogP contribution in [0, 0.1) is 0 Å². The number of furan rings is 1. The maximum Gasteiger partial charge on any atom is 0.233 e. The van der Waals surface area contributed by atoms with Gasteiger partial charge in [-0.2, -0.15) is 0 Å². The second kappa shape index (κ2) is 6.01. The van der Waals surface area contributed by atoms with Crippen LogP contribution in [0.2, 0.25) is 0 Å². The Balaban J connectivity index is 1.51. The van der Waals surface area contributed by atoms with Crippen molar-refractivity contribution in [3.8, 4) is 10.8 Å². The molecule has 2 aromatic heterocycles. The molecule has 0 spiro atoms. The number of nitrogens with one attached hydrogen (secondary N) is 1. The van der Waals surface area contributed by atoms with E-state index in [1.165, 1.54) is 0 Å². The van der Waals surface area contributed by atoms with Crippen LogP contribution in [-0.4, -0.2) is 22.2 Å². The fraction of sp³-hybridized carbons (Fsp3) is 0.429. The zero-order valence-electron chi connectivity index (χ0n) is 11.2. The van der Waals surface area contributed by atoms with Crippen molar-refractivity contribution in [1.82, 2.24) is 10.3 Å². The van der Waals surface area contributed by atoms with Crippen molar-refractivity contribution in [2.45, 2.75) is 36.8 Å². The van der Waals surface area contributed by atoms with E-state index in [4.69, 9.17) is 4.42 Å². The summed E-state index contributed by atoms with van der Waals surface area (Å²) >= 11 is 3.19. The standard InChI is InChI=1S/C14H16N2O2S2/c1-9(13(17)15-10-4-5-10)19-7-11-8-20-14(16-11)12-3-2-6-18-12/h2-3,6,8-10H,4-5,7H2,1H3,(H,15,17). The number of carbonyl (C=O) groups excluding carboxylic acids is 1. The molecule has 0 aliphatic heterocycles. The average Bonchev–Trinajstić information content (AvgIpc) is 2.97. The third kappa shape index (κ3) is 3.43. The number of rotatable bonds is 6. The maximum absolute atomic E-state index is 11.8. The molecule has 0 aromatic carbocycles. The number of hydrogen-bond donors (Lipinski definition) is 1. The van der Waals surface area contributed by atoms with Crippen molar-refractivity contribution in [2.75, 3.05) is 0 Å². The van der Waals surface area contributed by atoms with E-state index in [1.807, 2.05) is 24.4 Å². The zero-order valence-corrected chi connectivity index (χ0v) is 12.8. The monoisotopic (exact) mass is 308 g/mol. The van der Waals surface area contributed by atoms with E-state index >= 15 is 0 Å². The van der Waals surface area contributed by atoms with Crippen LogP contribution in [0.5, 0.6) is 0 Å². The lowest BCUT2D eigenvalue weighted by molar-refractivity contribution is -0.120. The Kier molecular flexibility index (Phi) is 4.12. The van der Waals surface area contributed by atoms with Crippen LogP contribution in [0.3, 0.4) is 0 Å². The Labute approximate surface area is 126 Å². The number of hydrogen-bond acceptors (Lipinski definition) is 5. The summed E-state index contributed by atoms with van der Waals surface area (Å²) in [6.07, 6.45) is 3.90. The first-order valence-corrected chi connectivity index (χ1v) is 8.55. The molecule has 0 bridgehead atoms. The number of amides is 1. The highest BCUT2D eigenvalue weighted by atomic mass is 32.2. The summed E-state index contributed by atoms with van der Waals surface area (Å²) in [6, 6.07) is 4.19. The predicted molar refractivity (Wildman–Crippen MR) is 81.7 cm³/mol. The highest BCUT2D eigenvalue weighted by Crippen LogP contribution is 2.27. The summed E-state index contributed by atoms with van der Waals surface area (Å²) in [5.74, 6) is 1.68. The minimum Gasteiger partial charge on any atom is -0.462 e. The molecule has 106 valence electrons. The van der Waals surface area contributed by atoms with Gasteiger partial charge in [0.15, 0.2) is 10.8 Å². The molecule has 1 aliphatic rings. The molecule has 1 atom stereocenters. The molecule has 1 amide bonds. The fourth-order valence-electron chi connectivity index (χ4n) is 1.72. The summed E-state index contributed by atoms with van der Waals surface area (Å²) < 4.78 is 5.32. The van der Waals surface area contributed by atoms with Gasteiger partial charge in [-0.25, -0.2) is 4.98 Å². The number of thioether (sulfide) groups is 1. The molecule has 6 heteroatoms. The van der Waals surface area contributed by atoms with Crippen molar-refractivity contribution in [3.05, 3.63) is 29.5 Å². The lowest BCUT2D eigenvalue weighted by Crippen LogP contribution is -2.32. The molecule has 1 fully saturated rings. The second-order valence-electron chi connectivity index (χ2n) is 4.86. The van der Waals surface area contributed by atoms with Gasteiger partial charge in [-0.15, -0.1) is 23.1 Å². The molecule has 1 aliphatic carbocycles. The lowest BCUT2D eigenvalue weighted by Gasteiger charge is -2.10. The molecule has 1 saturated carbocycles. The van der Waals surface area contributed by atoms with Gasteiger partial charge in [0.1, 0.15) is 0 Å². The first-order valence-electron chi connectivity index (χ1n) is 6.62. The van der Waals surface area contributed by atoms with E-state index in [1.54, 1.807) is 29.4 Å². The molecular formula is C14H16N2O2S2. The Morgan fingerprint density at radius 3 is 3.20 bits per heavy atom. The highest BCUT2D eigenvalue weighted by molar-refractivity contribution is 7.99. The van der Waals surface area contributed by atoms with Crippen LogP contribution in [0.4, 0.5) is 0 Å². The van der Waals surface area contributed by atoms with Gasteiger partial charge in [0.05, 0.1) is 17.2 Å². The Bertz CT molecular complexity index is 576. The van der Waals surface area contributed by atoms with Crippen LogP contribution in [-0.2, 0) is 10.5 Å². The second-order valence-corrected chi connectivity index (χ2v) is 7.04. The molecule has 1 N–H and O–H groups in total. The topological polar surface area (TPSA) is 55.1 Å². The number of nitrogens with zero attached hydrogens (tertiary/aromatic N) is 1. The fourth-order valence-corrected chi connectivity index (χ4v) is 3.40. The number of thiazole rings is 1. The van der Waals surface area contributed by atoms with Gasteiger partial charge in [-0.1, -0.05) is 0 Å². The van der Waals surface area contributed by atoms with Gasteiger partial charge in [-0.05, 0) is 31.9 Å². The average molecular weight is 308 g/mol. The van der Waals surface area contributed by atoms with Crippen LogP contribution in [0.1, 0.15) is 25.5 Å². The van der Waals surface area contributed by atoms with Crippen LogP contribution in [0.25, 0.3) is 10.8 Å². The van der Waals surface area contributed by atoms with E-state index in [2.05, 4.69) is 10.3 Å². The van der Waals surface area contributed by atoms with Gasteiger partial charge in [0, 0.05) is 17.2 Å². The van der Waals surface area contributed by atoms with Gasteiger partial charge in [0.25, 0.3) is 0 Å². The minimum absolute atomic E-state index is 0.0376. The van der Waals surface area contributed by atoms with Crippen molar-refractivity contribution < 1.29 is 9.21 Å². The summed E-state index contributed by atoms with van der Waals surface area (Å²) in [5, 5.41) is 5.90. The molecule has 3 rings (SSSR count). The zero-order chi connectivity index (χ0) is 13.9. The van der Waals surface area contributed by atoms with Crippen LogP contribution < -0.4 is 5.32 Å². The summed E-state index contributed by atoms with van der Waals surface area (Å²) in [5.41, 5.74) is 0.998. The maximum atomic E-state index is 11.8. The largest absolute Gasteiger partial charge is 0.462 e. The van der Waals surface area contributed by atoms with Gasteiger partial charge in [-0.3, -0.25) is 4.79 Å². The SMILES string of the molecule is CC(SCc1csc(-c2ccco2)n1)C(=O)NC1CC1.